The average molecular weight is 392 g/mol. The van der Waals surface area contributed by atoms with E-state index in [4.69, 9.17) is 9.47 Å². The van der Waals surface area contributed by atoms with Gasteiger partial charge in [0, 0.05) is 18.0 Å². The number of aromatic nitrogens is 2. The molecule has 0 atom stereocenters. The van der Waals surface area contributed by atoms with E-state index in [2.05, 4.69) is 34.4 Å². The molecule has 2 N–H and O–H groups in total. The second kappa shape index (κ2) is 9.05. The minimum absolute atomic E-state index is 0.258. The van der Waals surface area contributed by atoms with E-state index in [1.807, 2.05) is 24.3 Å². The number of rotatable bonds is 7. The first-order chi connectivity index (χ1) is 14.0. The molecule has 0 saturated carbocycles. The molecule has 0 aliphatic rings. The molecule has 0 aliphatic carbocycles. The smallest absolute Gasteiger partial charge is 0.274 e. The topological polar surface area (TPSA) is 85.4 Å². The van der Waals surface area contributed by atoms with Crippen LogP contribution in [0.5, 0.6) is 11.5 Å². The lowest BCUT2D eigenvalue weighted by atomic mass is 10.0. The van der Waals surface area contributed by atoms with Crippen LogP contribution in [0.1, 0.15) is 35.8 Å². The van der Waals surface area contributed by atoms with Crippen LogP contribution < -0.4 is 20.1 Å². The van der Waals surface area contributed by atoms with Crippen molar-refractivity contribution in [2.75, 3.05) is 24.9 Å². The molecule has 3 aromatic rings. The molecule has 1 amide bonds. The zero-order valence-electron chi connectivity index (χ0n) is 16.9. The molecule has 3 rings (SSSR count). The van der Waals surface area contributed by atoms with Crippen LogP contribution in [0, 0.1) is 0 Å². The van der Waals surface area contributed by atoms with Gasteiger partial charge in [0.05, 0.1) is 19.9 Å². The van der Waals surface area contributed by atoms with Gasteiger partial charge >= 0.3 is 0 Å². The number of methoxy groups -OCH3 is 2. The Labute approximate surface area is 170 Å². The van der Waals surface area contributed by atoms with Gasteiger partial charge in [0.1, 0.15) is 17.2 Å². The fourth-order valence-electron chi connectivity index (χ4n) is 2.87. The Balaban J connectivity index is 1.80. The molecule has 0 saturated heterocycles. The summed E-state index contributed by atoms with van der Waals surface area (Å²) in [7, 11) is 3.15. The zero-order chi connectivity index (χ0) is 20.8. The van der Waals surface area contributed by atoms with Crippen LogP contribution in [0.3, 0.4) is 0 Å². The predicted molar refractivity (Wildman–Crippen MR) is 113 cm³/mol. The number of para-hydroxylation sites is 1. The van der Waals surface area contributed by atoms with Gasteiger partial charge in [0.25, 0.3) is 5.91 Å². The number of amides is 1. The highest BCUT2D eigenvalue weighted by molar-refractivity contribution is 6.03. The summed E-state index contributed by atoms with van der Waals surface area (Å²) in [5.41, 5.74) is 2.76. The summed E-state index contributed by atoms with van der Waals surface area (Å²) in [6.45, 7) is 4.17. The Morgan fingerprint density at radius 1 is 1.00 bits per heavy atom. The maximum Gasteiger partial charge on any atom is 0.274 e. The molecule has 0 aliphatic heterocycles. The minimum Gasteiger partial charge on any atom is -0.497 e. The molecule has 0 radical (unpaired) electrons. The maximum absolute atomic E-state index is 12.7. The van der Waals surface area contributed by atoms with Gasteiger partial charge in [-0.1, -0.05) is 32.0 Å². The van der Waals surface area contributed by atoms with Crippen molar-refractivity contribution >= 4 is 23.2 Å². The number of anilines is 3. The number of nitrogens with zero attached hydrogens (tertiary/aromatic N) is 2. The number of ether oxygens (including phenoxy) is 2. The van der Waals surface area contributed by atoms with E-state index in [1.165, 1.54) is 6.20 Å². The van der Waals surface area contributed by atoms with Crippen LogP contribution in [-0.4, -0.2) is 30.1 Å². The molecule has 1 aromatic heterocycles. The van der Waals surface area contributed by atoms with E-state index < -0.39 is 0 Å². The third kappa shape index (κ3) is 4.82. The van der Waals surface area contributed by atoms with Gasteiger partial charge in [-0.2, -0.15) is 0 Å². The van der Waals surface area contributed by atoms with Gasteiger partial charge in [-0.05, 0) is 35.7 Å². The first kappa shape index (κ1) is 20.1. The fraction of sp³-hybridized carbons (Fsp3) is 0.227. The van der Waals surface area contributed by atoms with Crippen molar-refractivity contribution in [3.8, 4) is 11.5 Å². The lowest BCUT2D eigenvalue weighted by Gasteiger charge is -2.14. The summed E-state index contributed by atoms with van der Waals surface area (Å²) in [4.78, 5) is 21.3. The van der Waals surface area contributed by atoms with E-state index in [0.717, 1.165) is 11.3 Å². The van der Waals surface area contributed by atoms with Gasteiger partial charge in [-0.25, -0.2) is 9.97 Å². The number of carbonyl (C=O) groups excluding carboxylic acids is 1. The first-order valence-corrected chi connectivity index (χ1v) is 9.24. The van der Waals surface area contributed by atoms with Crippen molar-refractivity contribution in [3.05, 3.63) is 66.0 Å². The summed E-state index contributed by atoms with van der Waals surface area (Å²) in [6.07, 6.45) is 1.54. The van der Waals surface area contributed by atoms with Crippen molar-refractivity contribution in [2.45, 2.75) is 19.8 Å². The number of carbonyl (C=O) groups is 1. The van der Waals surface area contributed by atoms with Crippen molar-refractivity contribution in [1.29, 1.82) is 0 Å². The molecule has 7 nitrogen and oxygen atoms in total. The van der Waals surface area contributed by atoms with Crippen molar-refractivity contribution in [3.63, 3.8) is 0 Å². The fourth-order valence-corrected chi connectivity index (χ4v) is 2.87. The van der Waals surface area contributed by atoms with E-state index in [-0.39, 0.29) is 17.5 Å². The number of hydrogen-bond donors (Lipinski definition) is 2. The Bertz CT molecular complexity index is 1000. The largest absolute Gasteiger partial charge is 0.497 e. The Morgan fingerprint density at radius 2 is 1.79 bits per heavy atom. The maximum atomic E-state index is 12.7. The summed E-state index contributed by atoms with van der Waals surface area (Å²) in [5, 5.41) is 6.02. The molecule has 150 valence electrons. The molecular weight excluding hydrogens is 368 g/mol. The highest BCUT2D eigenvalue weighted by Gasteiger charge is 2.14. The van der Waals surface area contributed by atoms with E-state index in [1.54, 1.807) is 38.5 Å². The number of hydrogen-bond acceptors (Lipinski definition) is 6. The van der Waals surface area contributed by atoms with Gasteiger partial charge in [0.2, 0.25) is 5.95 Å². The Hall–Kier alpha value is -3.61. The molecule has 0 unspecified atom stereocenters. The molecule has 0 spiro atoms. The van der Waals surface area contributed by atoms with Crippen LogP contribution >= 0.6 is 0 Å². The van der Waals surface area contributed by atoms with Crippen molar-refractivity contribution < 1.29 is 14.3 Å². The van der Waals surface area contributed by atoms with Crippen LogP contribution in [0.4, 0.5) is 17.3 Å². The summed E-state index contributed by atoms with van der Waals surface area (Å²) < 4.78 is 10.6. The summed E-state index contributed by atoms with van der Waals surface area (Å²) >= 11 is 0. The highest BCUT2D eigenvalue weighted by atomic mass is 16.5. The average Bonchev–Trinajstić information content (AvgIpc) is 2.74. The van der Waals surface area contributed by atoms with Gasteiger partial charge < -0.3 is 20.1 Å². The van der Waals surface area contributed by atoms with Crippen molar-refractivity contribution in [2.24, 2.45) is 0 Å². The quantitative estimate of drug-likeness (QED) is 0.611. The lowest BCUT2D eigenvalue weighted by molar-refractivity contribution is 0.102. The standard InChI is InChI=1S/C22H24N4O3/c1-14(2)16-7-5-6-8-17(16)24-21(27)19-11-12-23-22(26-19)25-18-10-9-15(28-3)13-20(18)29-4/h5-14H,1-4H3,(H,24,27)(H,23,25,26). The van der Waals surface area contributed by atoms with Crippen LogP contribution in [0.25, 0.3) is 0 Å². The predicted octanol–water partition coefficient (Wildman–Crippen LogP) is 4.61. The Kier molecular flexibility index (Phi) is 6.29. The normalized spacial score (nSPS) is 10.5. The third-order valence-electron chi connectivity index (χ3n) is 4.37. The van der Waals surface area contributed by atoms with Gasteiger partial charge in [0.15, 0.2) is 0 Å². The molecule has 7 heteroatoms. The van der Waals surface area contributed by atoms with E-state index >= 15 is 0 Å². The minimum atomic E-state index is -0.301. The summed E-state index contributed by atoms with van der Waals surface area (Å²) in [5.74, 6) is 1.53. The number of nitrogens with one attached hydrogen (secondary N) is 2. The third-order valence-corrected chi connectivity index (χ3v) is 4.37. The lowest BCUT2D eigenvalue weighted by Crippen LogP contribution is -2.16. The first-order valence-electron chi connectivity index (χ1n) is 9.24. The van der Waals surface area contributed by atoms with Crippen LogP contribution in [0.15, 0.2) is 54.7 Å². The molecule has 0 bridgehead atoms. The van der Waals surface area contributed by atoms with Crippen molar-refractivity contribution in [1.82, 2.24) is 9.97 Å². The molecule has 1 heterocycles. The highest BCUT2D eigenvalue weighted by Crippen LogP contribution is 2.30. The van der Waals surface area contributed by atoms with Gasteiger partial charge in [-0.3, -0.25) is 4.79 Å². The zero-order valence-corrected chi connectivity index (χ0v) is 16.9. The van der Waals surface area contributed by atoms with Crippen LogP contribution in [0.2, 0.25) is 0 Å². The Morgan fingerprint density at radius 3 is 2.52 bits per heavy atom. The van der Waals surface area contributed by atoms with Gasteiger partial charge in [-0.15, -0.1) is 0 Å². The van der Waals surface area contributed by atoms with E-state index in [9.17, 15) is 4.79 Å². The molecule has 0 fully saturated rings. The number of benzene rings is 2. The second-order valence-corrected chi connectivity index (χ2v) is 6.65. The monoisotopic (exact) mass is 392 g/mol. The van der Waals surface area contributed by atoms with E-state index in [0.29, 0.717) is 23.1 Å². The molecule has 29 heavy (non-hydrogen) atoms. The second-order valence-electron chi connectivity index (χ2n) is 6.65. The molecule has 2 aromatic carbocycles. The SMILES string of the molecule is COc1ccc(Nc2nccc(C(=O)Nc3ccccc3C(C)C)n2)c(OC)c1. The molecular formula is C22H24N4O3. The summed E-state index contributed by atoms with van der Waals surface area (Å²) in [6, 6.07) is 14.7. The van der Waals surface area contributed by atoms with Crippen LogP contribution in [-0.2, 0) is 0 Å².